The number of ether oxygens (including phenoxy) is 6. The van der Waals surface area contributed by atoms with Crippen molar-refractivity contribution in [2.75, 3.05) is 20.2 Å². The molecule has 0 aromatic heterocycles. The van der Waals surface area contributed by atoms with Gasteiger partial charge in [-0.05, 0) is 25.7 Å². The molecule has 2 saturated heterocycles. The molecule has 18 unspecified atom stereocenters. The van der Waals surface area contributed by atoms with Gasteiger partial charge in [0.25, 0.3) is 0 Å². The van der Waals surface area contributed by atoms with Crippen LogP contribution >= 0.6 is 0 Å². The Hall–Kier alpha value is -0.655. The number of aliphatic hydroxyl groups excluding tert-OH is 6. The minimum Gasteiger partial charge on any atom is -0.390 e. The van der Waals surface area contributed by atoms with Crippen molar-refractivity contribution in [3.05, 3.63) is 0 Å². The van der Waals surface area contributed by atoms with Crippen molar-refractivity contribution in [2.24, 2.45) is 34.4 Å². The quantitative estimate of drug-likeness (QED) is 0.0584. The molecule has 3 fully saturated rings. The molecule has 0 radical (unpaired) electrons. The smallest absolute Gasteiger partial charge is 0.187 e. The summed E-state index contributed by atoms with van der Waals surface area (Å²) in [6.45, 7) is 1.89. The van der Waals surface area contributed by atoms with Crippen molar-refractivity contribution in [1.82, 2.24) is 0 Å². The van der Waals surface area contributed by atoms with Crippen LogP contribution in [0.3, 0.4) is 0 Å². The van der Waals surface area contributed by atoms with Gasteiger partial charge in [0.2, 0.25) is 0 Å². The van der Waals surface area contributed by atoms with Gasteiger partial charge in [0, 0.05) is 25.7 Å². The van der Waals surface area contributed by atoms with Gasteiger partial charge in [-0.3, -0.25) is 0 Å². The van der Waals surface area contributed by atoms with Crippen LogP contribution < -0.4 is 34.4 Å². The summed E-state index contributed by atoms with van der Waals surface area (Å²) in [5, 5.41) is 63.7. The maximum Gasteiger partial charge on any atom is 0.187 e. The van der Waals surface area contributed by atoms with Gasteiger partial charge in [-0.1, -0.05) is 6.82 Å². The van der Waals surface area contributed by atoms with E-state index in [4.69, 9.17) is 62.8 Å². The number of hydrogen-bond acceptors (Lipinski definition) is 18. The fourth-order valence-electron chi connectivity index (χ4n) is 5.91. The van der Waals surface area contributed by atoms with Gasteiger partial charge in [-0.25, -0.2) is 0 Å². The lowest BCUT2D eigenvalue weighted by molar-refractivity contribution is -0.306. The van der Waals surface area contributed by atoms with Crippen LogP contribution in [0.4, 0.5) is 0 Å². The van der Waals surface area contributed by atoms with E-state index in [2.05, 4.69) is 0 Å². The zero-order valence-corrected chi connectivity index (χ0v) is 25.2. The Morgan fingerprint density at radius 2 is 1.48 bits per heavy atom. The molecule has 18 nitrogen and oxygen atoms in total. The molecular formula is C25H53BN6O12. The molecule has 0 aromatic carbocycles. The Kier molecular flexibility index (Phi) is 14.6. The molecule has 19 heteroatoms. The predicted molar refractivity (Wildman–Crippen MR) is 156 cm³/mol. The van der Waals surface area contributed by atoms with E-state index < -0.39 is 110 Å². The zero-order valence-electron chi connectivity index (χ0n) is 25.2. The van der Waals surface area contributed by atoms with Crippen molar-refractivity contribution >= 4 is 7.28 Å². The number of methoxy groups -OCH3 is 1. The molecule has 2 heterocycles. The fraction of sp³-hybridized carbons (Fsp3) is 1.00. The molecule has 18 atom stereocenters. The summed E-state index contributed by atoms with van der Waals surface area (Å²) in [6, 6.07) is -4.03. The Labute approximate surface area is 257 Å². The second kappa shape index (κ2) is 17.0. The first kappa shape index (κ1) is 37.8. The summed E-state index contributed by atoms with van der Waals surface area (Å²) < 4.78 is 35.3. The summed E-state index contributed by atoms with van der Waals surface area (Å²) >= 11 is 0. The van der Waals surface area contributed by atoms with E-state index >= 15 is 0 Å². The molecule has 1 saturated carbocycles. The normalized spacial score (nSPS) is 44.2. The Morgan fingerprint density at radius 1 is 0.841 bits per heavy atom. The average molecular weight is 641 g/mol. The number of aliphatic hydroxyl groups is 6. The second-order valence-electron chi connectivity index (χ2n) is 11.8. The van der Waals surface area contributed by atoms with Crippen molar-refractivity contribution in [1.29, 1.82) is 0 Å². The molecule has 2 aliphatic heterocycles. The summed E-state index contributed by atoms with van der Waals surface area (Å²) in [4.78, 5) is 0. The number of nitrogens with two attached hydrogens (primary N) is 6. The molecule has 3 rings (SSSR count). The third-order valence-corrected chi connectivity index (χ3v) is 8.58. The van der Waals surface area contributed by atoms with Crippen LogP contribution in [0.15, 0.2) is 0 Å². The van der Waals surface area contributed by atoms with Crippen LogP contribution in [0.5, 0.6) is 0 Å². The summed E-state index contributed by atoms with van der Waals surface area (Å²) in [6.07, 6.45) is -16.6. The highest BCUT2D eigenvalue weighted by atomic mass is 16.8. The van der Waals surface area contributed by atoms with E-state index in [-0.39, 0.29) is 25.9 Å². The van der Waals surface area contributed by atoms with E-state index in [1.54, 1.807) is 0 Å². The number of hydrogen-bond donors (Lipinski definition) is 12. The molecule has 0 aromatic rings. The van der Waals surface area contributed by atoms with Gasteiger partial charge in [-0.15, -0.1) is 0 Å². The predicted octanol–water partition coefficient (Wildman–Crippen LogP) is -7.35. The van der Waals surface area contributed by atoms with Gasteiger partial charge in [-0.2, -0.15) is 0 Å². The first-order valence-electron chi connectivity index (χ1n) is 15.1. The van der Waals surface area contributed by atoms with E-state index in [0.29, 0.717) is 13.6 Å². The van der Waals surface area contributed by atoms with Gasteiger partial charge >= 0.3 is 0 Å². The molecular weight excluding hydrogens is 587 g/mol. The minimum atomic E-state index is -1.45. The molecule has 0 spiro atoms. The van der Waals surface area contributed by atoms with Crippen LogP contribution in [0, 0.1) is 0 Å². The Balaban J connectivity index is 1.79. The Morgan fingerprint density at radius 3 is 2.07 bits per heavy atom. The van der Waals surface area contributed by atoms with Gasteiger partial charge in [0.1, 0.15) is 50.0 Å². The highest BCUT2D eigenvalue weighted by molar-refractivity contribution is 6.33. The molecule has 18 N–H and O–H groups in total. The van der Waals surface area contributed by atoms with E-state index in [9.17, 15) is 30.6 Å². The van der Waals surface area contributed by atoms with Gasteiger partial charge in [0.05, 0.1) is 36.5 Å². The largest absolute Gasteiger partial charge is 0.390 e. The fourth-order valence-corrected chi connectivity index (χ4v) is 5.91. The third kappa shape index (κ3) is 8.43. The van der Waals surface area contributed by atoms with Crippen molar-refractivity contribution in [2.45, 2.75) is 136 Å². The summed E-state index contributed by atoms with van der Waals surface area (Å²) in [7, 11) is 1.93. The molecule has 3 aliphatic rings. The second-order valence-corrected chi connectivity index (χ2v) is 11.8. The van der Waals surface area contributed by atoms with Crippen LogP contribution in [-0.4, -0.2) is 168 Å². The lowest BCUT2D eigenvalue weighted by atomic mass is 9.74. The maximum atomic E-state index is 11.3. The van der Waals surface area contributed by atoms with Crippen LogP contribution in [0.1, 0.15) is 12.8 Å². The maximum absolute atomic E-state index is 11.3. The third-order valence-electron chi connectivity index (χ3n) is 8.58. The minimum absolute atomic E-state index is 0.0925. The van der Waals surface area contributed by atoms with E-state index in [1.807, 2.05) is 6.82 Å². The molecule has 44 heavy (non-hydrogen) atoms. The van der Waals surface area contributed by atoms with E-state index in [0.717, 1.165) is 0 Å². The SMILES string of the molecule is CBCC1OC(OC2C(O)C(N)CC(N)C2OC2OC(CN)C(O)C(O)C2N)C(O)C1OC(OC)C(N)C(O)C(O)CCN. The van der Waals surface area contributed by atoms with Crippen LogP contribution in [0.2, 0.25) is 13.1 Å². The first-order chi connectivity index (χ1) is 20.8. The zero-order chi connectivity index (χ0) is 32.9. The highest BCUT2D eigenvalue weighted by Crippen LogP contribution is 2.34. The molecule has 258 valence electrons. The van der Waals surface area contributed by atoms with Crippen LogP contribution in [0.25, 0.3) is 0 Å². The molecule has 1 aliphatic carbocycles. The first-order valence-corrected chi connectivity index (χ1v) is 15.1. The van der Waals surface area contributed by atoms with Crippen molar-refractivity contribution in [3.63, 3.8) is 0 Å². The topological polar surface area (TPSA) is 333 Å². The van der Waals surface area contributed by atoms with Crippen molar-refractivity contribution < 1.29 is 59.1 Å². The standard InChI is InChI=1S/C25H53BN6O12/c1-26-6-11-21(43-23(39-2)13(31)16(35)10(33)3-4-27)19(38)25(40-11)44-22-15(34)8(29)5-9(30)20(22)42-24-14(32)18(37)17(36)12(7-28)41-24/h8-26,33-38H,3-7,27-32H2,1-2H3. The van der Waals surface area contributed by atoms with Gasteiger partial charge in [0.15, 0.2) is 18.9 Å². The van der Waals surface area contributed by atoms with Crippen LogP contribution in [-0.2, 0) is 28.4 Å². The van der Waals surface area contributed by atoms with E-state index in [1.165, 1.54) is 7.11 Å². The lowest BCUT2D eigenvalue weighted by Gasteiger charge is -2.47. The van der Waals surface area contributed by atoms with Crippen molar-refractivity contribution in [3.8, 4) is 0 Å². The Bertz CT molecular complexity index is 861. The molecule has 0 amide bonds. The van der Waals surface area contributed by atoms with Gasteiger partial charge < -0.3 is 93.5 Å². The molecule has 0 bridgehead atoms. The lowest BCUT2D eigenvalue weighted by Crippen LogP contribution is -2.68. The average Bonchev–Trinajstić information content (AvgIpc) is 3.28. The highest BCUT2D eigenvalue weighted by Gasteiger charge is 2.53. The summed E-state index contributed by atoms with van der Waals surface area (Å²) in [5.74, 6) is 0. The number of rotatable bonds is 15. The summed E-state index contributed by atoms with van der Waals surface area (Å²) in [5.41, 5.74) is 35.9. The monoisotopic (exact) mass is 640 g/mol.